The van der Waals surface area contributed by atoms with E-state index in [-0.39, 0.29) is 5.91 Å². The molecule has 1 aliphatic heterocycles. The fourth-order valence-corrected chi connectivity index (χ4v) is 3.99. The monoisotopic (exact) mass is 400 g/mol. The van der Waals surface area contributed by atoms with E-state index in [9.17, 15) is 4.79 Å². The summed E-state index contributed by atoms with van der Waals surface area (Å²) in [6.07, 6.45) is 0. The van der Waals surface area contributed by atoms with E-state index in [4.69, 9.17) is 0 Å². The van der Waals surface area contributed by atoms with Gasteiger partial charge in [-0.1, -0.05) is 30.3 Å². The van der Waals surface area contributed by atoms with Crippen molar-refractivity contribution in [2.24, 2.45) is 0 Å². The summed E-state index contributed by atoms with van der Waals surface area (Å²) in [6.45, 7) is 9.81. The molecule has 154 valence electrons. The standard InChI is InChI=1S/C25H28N4O/c1-18-11-12-24(22(17-18)27-25(30)21-9-6-8-20(3)26-21)29-15-13-28(14-16-29)23-10-5-4-7-19(23)2/h4-12,17H,13-16H2,1-3H3,(H,27,30). The quantitative estimate of drug-likeness (QED) is 0.696. The Labute approximate surface area is 178 Å². The fraction of sp³-hybridized carbons (Fsp3) is 0.280. The number of nitrogens with one attached hydrogen (secondary N) is 1. The maximum Gasteiger partial charge on any atom is 0.274 e. The molecule has 0 bridgehead atoms. The Morgan fingerprint density at radius 2 is 1.53 bits per heavy atom. The van der Waals surface area contributed by atoms with E-state index in [1.165, 1.54) is 11.3 Å². The molecule has 0 radical (unpaired) electrons. The number of amides is 1. The second kappa shape index (κ2) is 8.57. The van der Waals surface area contributed by atoms with Gasteiger partial charge in [-0.25, -0.2) is 4.98 Å². The van der Waals surface area contributed by atoms with Gasteiger partial charge in [-0.2, -0.15) is 0 Å². The van der Waals surface area contributed by atoms with E-state index >= 15 is 0 Å². The Morgan fingerprint density at radius 3 is 2.23 bits per heavy atom. The third kappa shape index (κ3) is 4.30. The summed E-state index contributed by atoms with van der Waals surface area (Å²) in [6, 6.07) is 20.3. The average Bonchev–Trinajstić information content (AvgIpc) is 2.74. The van der Waals surface area contributed by atoms with Crippen LogP contribution in [0.2, 0.25) is 0 Å². The molecule has 0 spiro atoms. The van der Waals surface area contributed by atoms with E-state index in [1.807, 2.05) is 32.0 Å². The van der Waals surface area contributed by atoms with Crippen LogP contribution in [0.15, 0.2) is 60.7 Å². The Bertz CT molecular complexity index is 1050. The number of piperazine rings is 1. The van der Waals surface area contributed by atoms with Gasteiger partial charge in [0, 0.05) is 37.6 Å². The van der Waals surface area contributed by atoms with Gasteiger partial charge in [0.2, 0.25) is 0 Å². The smallest absolute Gasteiger partial charge is 0.274 e. The third-order valence-electron chi connectivity index (χ3n) is 5.60. The molecular formula is C25H28N4O. The molecule has 0 saturated carbocycles. The number of aryl methyl sites for hydroxylation is 3. The number of carbonyl (C=O) groups is 1. The molecule has 3 aromatic rings. The molecule has 5 heteroatoms. The first kappa shape index (κ1) is 20.0. The highest BCUT2D eigenvalue weighted by Crippen LogP contribution is 2.30. The summed E-state index contributed by atoms with van der Waals surface area (Å²) in [5.74, 6) is -0.177. The zero-order valence-electron chi connectivity index (χ0n) is 17.9. The number of pyridine rings is 1. The molecule has 0 atom stereocenters. The first-order valence-corrected chi connectivity index (χ1v) is 10.4. The van der Waals surface area contributed by atoms with Crippen LogP contribution in [0.5, 0.6) is 0 Å². The number of benzene rings is 2. The Kier molecular flexibility index (Phi) is 5.70. The minimum atomic E-state index is -0.177. The van der Waals surface area contributed by atoms with Gasteiger partial charge in [0.15, 0.2) is 0 Å². The van der Waals surface area contributed by atoms with Crippen molar-refractivity contribution < 1.29 is 4.79 Å². The lowest BCUT2D eigenvalue weighted by atomic mass is 10.1. The number of carbonyl (C=O) groups excluding carboxylic acids is 1. The molecule has 1 saturated heterocycles. The predicted molar refractivity (Wildman–Crippen MR) is 124 cm³/mol. The Hall–Kier alpha value is -3.34. The van der Waals surface area contributed by atoms with Crippen LogP contribution in [-0.4, -0.2) is 37.1 Å². The van der Waals surface area contributed by atoms with Crippen LogP contribution >= 0.6 is 0 Å². The van der Waals surface area contributed by atoms with E-state index in [2.05, 4.69) is 63.4 Å². The van der Waals surface area contributed by atoms with Crippen molar-refractivity contribution in [1.82, 2.24) is 4.98 Å². The SMILES string of the molecule is Cc1ccc(N2CCN(c3ccccc3C)CC2)c(NC(=O)c2cccc(C)n2)c1. The predicted octanol–water partition coefficient (Wildman–Crippen LogP) is 4.59. The van der Waals surface area contributed by atoms with Crippen molar-refractivity contribution in [3.8, 4) is 0 Å². The lowest BCUT2D eigenvalue weighted by Gasteiger charge is -2.38. The van der Waals surface area contributed by atoms with Gasteiger partial charge in [0.25, 0.3) is 5.91 Å². The molecule has 2 aromatic carbocycles. The number of aromatic nitrogens is 1. The molecular weight excluding hydrogens is 372 g/mol. The summed E-state index contributed by atoms with van der Waals surface area (Å²) in [4.78, 5) is 21.9. The summed E-state index contributed by atoms with van der Waals surface area (Å²) < 4.78 is 0. The Morgan fingerprint density at radius 1 is 0.833 bits per heavy atom. The highest BCUT2D eigenvalue weighted by atomic mass is 16.1. The van der Waals surface area contributed by atoms with Crippen molar-refractivity contribution in [1.29, 1.82) is 0 Å². The molecule has 4 rings (SSSR count). The first-order chi connectivity index (χ1) is 14.5. The molecule has 1 amide bonds. The number of rotatable bonds is 4. The topological polar surface area (TPSA) is 48.5 Å². The van der Waals surface area contributed by atoms with Gasteiger partial charge in [0.05, 0.1) is 11.4 Å². The number of nitrogens with zero attached hydrogens (tertiary/aromatic N) is 3. The summed E-state index contributed by atoms with van der Waals surface area (Å²) >= 11 is 0. The molecule has 1 N–H and O–H groups in total. The van der Waals surface area contributed by atoms with E-state index in [0.717, 1.165) is 48.8 Å². The maximum absolute atomic E-state index is 12.8. The summed E-state index contributed by atoms with van der Waals surface area (Å²) in [5.41, 5.74) is 6.90. The van der Waals surface area contributed by atoms with E-state index in [1.54, 1.807) is 6.07 Å². The normalized spacial score (nSPS) is 14.0. The zero-order valence-corrected chi connectivity index (χ0v) is 17.9. The third-order valence-corrected chi connectivity index (χ3v) is 5.60. The van der Waals surface area contributed by atoms with Gasteiger partial charge < -0.3 is 15.1 Å². The second-order valence-corrected chi connectivity index (χ2v) is 7.90. The van der Waals surface area contributed by atoms with Crippen LogP contribution in [0.3, 0.4) is 0 Å². The first-order valence-electron chi connectivity index (χ1n) is 10.4. The van der Waals surface area contributed by atoms with Gasteiger partial charge in [-0.15, -0.1) is 0 Å². The molecule has 1 fully saturated rings. The van der Waals surface area contributed by atoms with Crippen LogP contribution in [0, 0.1) is 20.8 Å². The maximum atomic E-state index is 12.8. The van der Waals surface area contributed by atoms with Crippen LogP contribution < -0.4 is 15.1 Å². The van der Waals surface area contributed by atoms with Crippen LogP contribution in [0.4, 0.5) is 17.1 Å². The number of anilines is 3. The highest BCUT2D eigenvalue weighted by Gasteiger charge is 2.21. The molecule has 0 aliphatic carbocycles. The number of hydrogen-bond donors (Lipinski definition) is 1. The second-order valence-electron chi connectivity index (χ2n) is 7.90. The van der Waals surface area contributed by atoms with Crippen molar-refractivity contribution in [3.63, 3.8) is 0 Å². The number of hydrogen-bond acceptors (Lipinski definition) is 4. The molecule has 1 aliphatic rings. The summed E-state index contributed by atoms with van der Waals surface area (Å²) in [7, 11) is 0. The average molecular weight is 401 g/mol. The van der Waals surface area contributed by atoms with Crippen LogP contribution in [0.1, 0.15) is 27.3 Å². The van der Waals surface area contributed by atoms with Gasteiger partial charge in [-0.3, -0.25) is 4.79 Å². The minimum Gasteiger partial charge on any atom is -0.368 e. The molecule has 0 unspecified atom stereocenters. The van der Waals surface area contributed by atoms with Gasteiger partial charge in [0.1, 0.15) is 5.69 Å². The highest BCUT2D eigenvalue weighted by molar-refractivity contribution is 6.04. The lowest BCUT2D eigenvalue weighted by Crippen LogP contribution is -2.47. The Balaban J connectivity index is 1.51. The van der Waals surface area contributed by atoms with Crippen LogP contribution in [0.25, 0.3) is 0 Å². The van der Waals surface area contributed by atoms with Crippen LogP contribution in [-0.2, 0) is 0 Å². The van der Waals surface area contributed by atoms with E-state index in [0.29, 0.717) is 5.69 Å². The summed E-state index contributed by atoms with van der Waals surface area (Å²) in [5, 5.41) is 3.09. The molecule has 5 nitrogen and oxygen atoms in total. The van der Waals surface area contributed by atoms with Gasteiger partial charge >= 0.3 is 0 Å². The molecule has 30 heavy (non-hydrogen) atoms. The van der Waals surface area contributed by atoms with Crippen molar-refractivity contribution in [2.45, 2.75) is 20.8 Å². The van der Waals surface area contributed by atoms with Crippen molar-refractivity contribution in [2.75, 3.05) is 41.3 Å². The molecule has 1 aromatic heterocycles. The molecule has 2 heterocycles. The van der Waals surface area contributed by atoms with Crippen molar-refractivity contribution in [3.05, 3.63) is 83.2 Å². The number of para-hydroxylation sites is 1. The van der Waals surface area contributed by atoms with Crippen molar-refractivity contribution >= 4 is 23.0 Å². The minimum absolute atomic E-state index is 0.177. The zero-order chi connectivity index (χ0) is 21.1. The van der Waals surface area contributed by atoms with Gasteiger partial charge in [-0.05, 0) is 62.2 Å². The largest absolute Gasteiger partial charge is 0.368 e. The van der Waals surface area contributed by atoms with E-state index < -0.39 is 0 Å². The fourth-order valence-electron chi connectivity index (χ4n) is 3.99. The lowest BCUT2D eigenvalue weighted by molar-refractivity contribution is 0.102.